The van der Waals surface area contributed by atoms with Crippen LogP contribution < -0.4 is 0 Å². The number of hydrogen-bond donors (Lipinski definition) is 0. The summed E-state index contributed by atoms with van der Waals surface area (Å²) in [6.45, 7) is 4.63. The van der Waals surface area contributed by atoms with Gasteiger partial charge in [0.2, 0.25) is 0 Å². The van der Waals surface area contributed by atoms with Gasteiger partial charge < -0.3 is 4.74 Å². The first-order valence-electron chi connectivity index (χ1n) is 12.9. The highest BCUT2D eigenvalue weighted by molar-refractivity contribution is 5.91. The molecule has 5 rings (SSSR count). The lowest BCUT2D eigenvalue weighted by atomic mass is 9.51. The summed E-state index contributed by atoms with van der Waals surface area (Å²) in [6, 6.07) is 10.2. The average Bonchev–Trinajstić information content (AvgIpc) is 3.15. The number of ether oxygens (including phenoxy) is 1. The number of aryl methyl sites for hydroxylation is 1. The van der Waals surface area contributed by atoms with E-state index in [2.05, 4.69) is 26.0 Å². The van der Waals surface area contributed by atoms with E-state index < -0.39 is 0 Å². The predicted octanol–water partition coefficient (Wildman–Crippen LogP) is 6.31. The second kappa shape index (κ2) is 8.80. The van der Waals surface area contributed by atoms with Gasteiger partial charge in [0, 0.05) is 18.8 Å². The minimum Gasteiger partial charge on any atom is -0.462 e. The predicted molar refractivity (Wildman–Crippen MR) is 126 cm³/mol. The molecule has 3 fully saturated rings. The van der Waals surface area contributed by atoms with Gasteiger partial charge in [0.1, 0.15) is 6.10 Å². The van der Waals surface area contributed by atoms with Crippen molar-refractivity contribution in [1.82, 2.24) is 0 Å². The Balaban J connectivity index is 1.22. The molecule has 0 radical (unpaired) electrons. The third-order valence-corrected chi connectivity index (χ3v) is 9.72. The summed E-state index contributed by atoms with van der Waals surface area (Å²) >= 11 is 0. The molecule has 1 aromatic carbocycles. The zero-order valence-corrected chi connectivity index (χ0v) is 19.7. The van der Waals surface area contributed by atoms with Crippen LogP contribution in [0.2, 0.25) is 0 Å². The number of esters is 1. The molecule has 3 saturated carbocycles. The highest BCUT2D eigenvalue weighted by Crippen LogP contribution is 2.64. The lowest BCUT2D eigenvalue weighted by Crippen LogP contribution is -2.48. The standard InChI is InChI=1S/C29H38O3/c1-19(32-28(31)15-8-20-6-4-3-5-7-20)26-13-14-27-25-11-9-21-18-22(30)10-12-23(21)24(25)16-17-29(26,27)2/h3-7,18-19,23-27H,8-17H2,1-2H3/t19-,23+,24-,25-,26-,27+,29-/m1/s1. The van der Waals surface area contributed by atoms with E-state index in [1.54, 1.807) is 0 Å². The van der Waals surface area contributed by atoms with E-state index in [4.69, 9.17) is 4.74 Å². The van der Waals surface area contributed by atoms with Crippen LogP contribution in [-0.2, 0) is 20.7 Å². The van der Waals surface area contributed by atoms with E-state index >= 15 is 0 Å². The monoisotopic (exact) mass is 434 g/mol. The van der Waals surface area contributed by atoms with E-state index in [0.717, 1.165) is 43.4 Å². The Labute approximate surface area is 193 Å². The molecule has 0 saturated heterocycles. The Kier molecular flexibility index (Phi) is 6.03. The lowest BCUT2D eigenvalue weighted by molar-refractivity contribution is -0.154. The van der Waals surface area contributed by atoms with Gasteiger partial charge in [-0.25, -0.2) is 0 Å². The largest absolute Gasteiger partial charge is 0.462 e. The summed E-state index contributed by atoms with van der Waals surface area (Å²) in [5.41, 5.74) is 2.94. The number of hydrogen-bond acceptors (Lipinski definition) is 3. The fraction of sp³-hybridized carbons (Fsp3) is 0.655. The van der Waals surface area contributed by atoms with Crippen LogP contribution in [0, 0.1) is 35.0 Å². The zero-order chi connectivity index (χ0) is 22.3. The van der Waals surface area contributed by atoms with Crippen molar-refractivity contribution >= 4 is 11.8 Å². The highest BCUT2D eigenvalue weighted by atomic mass is 16.5. The molecule has 0 unspecified atom stereocenters. The quantitative estimate of drug-likeness (QED) is 0.510. The van der Waals surface area contributed by atoms with Gasteiger partial charge in [-0.05, 0) is 99.0 Å². The molecule has 0 aliphatic heterocycles. The van der Waals surface area contributed by atoms with Crippen molar-refractivity contribution in [3.8, 4) is 0 Å². The van der Waals surface area contributed by atoms with Gasteiger partial charge in [0.15, 0.2) is 5.78 Å². The minimum atomic E-state index is -0.0543. The topological polar surface area (TPSA) is 43.4 Å². The number of ketones is 1. The number of rotatable bonds is 5. The molecule has 0 amide bonds. The lowest BCUT2D eigenvalue weighted by Gasteiger charge is -2.54. The van der Waals surface area contributed by atoms with Crippen molar-refractivity contribution in [2.24, 2.45) is 35.0 Å². The van der Waals surface area contributed by atoms with Gasteiger partial charge in [-0.2, -0.15) is 0 Å². The summed E-state index contributed by atoms with van der Waals surface area (Å²) < 4.78 is 6.02. The average molecular weight is 435 g/mol. The van der Waals surface area contributed by atoms with Crippen molar-refractivity contribution in [2.45, 2.75) is 84.2 Å². The first kappa shape index (κ1) is 21.9. The summed E-state index contributed by atoms with van der Waals surface area (Å²) in [7, 11) is 0. The maximum absolute atomic E-state index is 12.6. The Morgan fingerprint density at radius 1 is 1.06 bits per heavy atom. The molecule has 0 heterocycles. The Morgan fingerprint density at radius 2 is 1.88 bits per heavy atom. The normalized spacial score (nSPS) is 37.0. The maximum atomic E-state index is 12.6. The molecule has 0 spiro atoms. The highest BCUT2D eigenvalue weighted by Gasteiger charge is 2.57. The maximum Gasteiger partial charge on any atom is 0.306 e. The summed E-state index contributed by atoms with van der Waals surface area (Å²) in [5, 5.41) is 0. The number of benzene rings is 1. The van der Waals surface area contributed by atoms with Crippen LogP contribution in [0.5, 0.6) is 0 Å². The SMILES string of the molecule is C[C@@H](OC(=O)CCc1ccccc1)[C@H]1CC[C@H]2[C@@H]3CCC4=CC(=O)CC[C@@H]4[C@H]3CC[C@]12C. The second-order valence-corrected chi connectivity index (χ2v) is 11.2. The molecule has 4 aliphatic rings. The third-order valence-electron chi connectivity index (χ3n) is 9.72. The van der Waals surface area contributed by atoms with Crippen LogP contribution in [0.4, 0.5) is 0 Å². The van der Waals surface area contributed by atoms with Crippen molar-refractivity contribution in [1.29, 1.82) is 0 Å². The van der Waals surface area contributed by atoms with Gasteiger partial charge in [0.05, 0.1) is 0 Å². The fourth-order valence-electron chi connectivity index (χ4n) is 8.23. The molecule has 0 N–H and O–H groups in total. The smallest absolute Gasteiger partial charge is 0.306 e. The van der Waals surface area contributed by atoms with Crippen LogP contribution in [0.25, 0.3) is 0 Å². The van der Waals surface area contributed by atoms with E-state index in [0.29, 0.717) is 24.0 Å². The molecule has 0 bridgehead atoms. The van der Waals surface area contributed by atoms with E-state index in [1.165, 1.54) is 43.2 Å². The van der Waals surface area contributed by atoms with Crippen molar-refractivity contribution in [2.75, 3.05) is 0 Å². The Morgan fingerprint density at radius 3 is 2.69 bits per heavy atom. The number of carbonyl (C=O) groups is 2. The summed E-state index contributed by atoms with van der Waals surface area (Å²) in [6.07, 6.45) is 12.4. The summed E-state index contributed by atoms with van der Waals surface area (Å²) in [4.78, 5) is 24.5. The molecule has 172 valence electrons. The van der Waals surface area contributed by atoms with Crippen molar-refractivity contribution in [3.63, 3.8) is 0 Å². The summed E-state index contributed by atoms with van der Waals surface area (Å²) in [5.74, 6) is 3.72. The molecular formula is C29H38O3. The van der Waals surface area contributed by atoms with Gasteiger partial charge in [-0.15, -0.1) is 0 Å². The molecule has 7 atom stereocenters. The molecule has 3 nitrogen and oxygen atoms in total. The minimum absolute atomic E-state index is 0.00354. The second-order valence-electron chi connectivity index (χ2n) is 11.2. The first-order chi connectivity index (χ1) is 15.5. The molecule has 32 heavy (non-hydrogen) atoms. The van der Waals surface area contributed by atoms with E-state index in [-0.39, 0.29) is 17.5 Å². The van der Waals surface area contributed by atoms with Crippen LogP contribution in [0.3, 0.4) is 0 Å². The van der Waals surface area contributed by atoms with Crippen LogP contribution in [0.15, 0.2) is 42.0 Å². The van der Waals surface area contributed by atoms with Crippen LogP contribution in [0.1, 0.15) is 77.2 Å². The zero-order valence-electron chi connectivity index (χ0n) is 19.7. The van der Waals surface area contributed by atoms with Crippen LogP contribution in [-0.4, -0.2) is 17.9 Å². The van der Waals surface area contributed by atoms with Gasteiger partial charge in [-0.1, -0.05) is 42.8 Å². The molecule has 0 aromatic heterocycles. The molecule has 4 aliphatic carbocycles. The van der Waals surface area contributed by atoms with Crippen molar-refractivity contribution < 1.29 is 14.3 Å². The first-order valence-corrected chi connectivity index (χ1v) is 12.9. The van der Waals surface area contributed by atoms with Crippen molar-refractivity contribution in [3.05, 3.63) is 47.5 Å². The Bertz CT molecular complexity index is 887. The Hall–Kier alpha value is -1.90. The van der Waals surface area contributed by atoms with Gasteiger partial charge >= 0.3 is 5.97 Å². The fourth-order valence-corrected chi connectivity index (χ4v) is 8.23. The van der Waals surface area contributed by atoms with Crippen LogP contribution >= 0.6 is 0 Å². The number of fused-ring (bicyclic) bond motifs is 5. The van der Waals surface area contributed by atoms with E-state index in [9.17, 15) is 9.59 Å². The van der Waals surface area contributed by atoms with Gasteiger partial charge in [0.25, 0.3) is 0 Å². The number of allylic oxidation sites excluding steroid dienone is 1. The molecule has 1 aromatic rings. The molecule has 3 heteroatoms. The van der Waals surface area contributed by atoms with E-state index in [1.807, 2.05) is 24.3 Å². The molecular weight excluding hydrogens is 396 g/mol. The van der Waals surface area contributed by atoms with Gasteiger partial charge in [-0.3, -0.25) is 9.59 Å². The third kappa shape index (κ3) is 3.97. The number of carbonyl (C=O) groups excluding carboxylic acids is 2.